The zero-order valence-electron chi connectivity index (χ0n) is 22.7. The van der Waals surface area contributed by atoms with E-state index in [1.165, 1.54) is 179 Å². The maximum atomic E-state index is 2.31. The molecule has 0 amide bonds. The SMILES string of the molecule is CCCCCCCCCCCCCCC[P][P]CCCCCCCCCCCCCCC. The van der Waals surface area contributed by atoms with E-state index in [0.717, 1.165) is 0 Å². The summed E-state index contributed by atoms with van der Waals surface area (Å²) in [4.78, 5) is 0. The van der Waals surface area contributed by atoms with Gasteiger partial charge in [0.25, 0.3) is 0 Å². The Morgan fingerprint density at radius 2 is 0.438 bits per heavy atom. The van der Waals surface area contributed by atoms with Crippen LogP contribution in [0.1, 0.15) is 181 Å². The molecular formula is C30H62P2. The highest BCUT2D eigenvalue weighted by Crippen LogP contribution is 2.38. The fourth-order valence-corrected chi connectivity index (χ4v) is 7.25. The van der Waals surface area contributed by atoms with Crippen LogP contribution in [0.2, 0.25) is 0 Å². The third-order valence-electron chi connectivity index (χ3n) is 6.82. The zero-order valence-corrected chi connectivity index (χ0v) is 24.5. The summed E-state index contributed by atoms with van der Waals surface area (Å²) in [6.45, 7) is 4.61. The van der Waals surface area contributed by atoms with Gasteiger partial charge in [-0.25, -0.2) is 0 Å². The summed E-state index contributed by atoms with van der Waals surface area (Å²) in [5.41, 5.74) is 0. The number of hydrogen-bond acceptors (Lipinski definition) is 0. The van der Waals surface area contributed by atoms with Gasteiger partial charge in [-0.2, -0.15) is 0 Å². The molecule has 0 aromatic rings. The molecule has 0 N–H and O–H groups in total. The second kappa shape index (κ2) is 31.9. The molecule has 0 atom stereocenters. The number of hydrogen-bond donors (Lipinski definition) is 0. The van der Waals surface area contributed by atoms with Crippen LogP contribution >= 0.6 is 16.5 Å². The van der Waals surface area contributed by atoms with E-state index in [2.05, 4.69) is 13.8 Å². The largest absolute Gasteiger partial charge is 0.0654 e. The lowest BCUT2D eigenvalue weighted by Gasteiger charge is -2.04. The summed E-state index contributed by atoms with van der Waals surface area (Å²) in [6.07, 6.45) is 41.2. The van der Waals surface area contributed by atoms with Gasteiger partial charge in [-0.15, -0.1) is 0 Å². The molecule has 0 aromatic carbocycles. The first-order chi connectivity index (χ1) is 15.9. The summed E-state index contributed by atoms with van der Waals surface area (Å²) < 4.78 is 0. The predicted molar refractivity (Wildman–Crippen MR) is 155 cm³/mol. The van der Waals surface area contributed by atoms with Gasteiger partial charge in [-0.05, 0) is 41.7 Å². The predicted octanol–water partition coefficient (Wildman–Crippen LogP) is 13.0. The Labute approximate surface area is 209 Å². The van der Waals surface area contributed by atoms with Crippen LogP contribution in [0, 0.1) is 0 Å². The Morgan fingerprint density at radius 1 is 0.250 bits per heavy atom. The van der Waals surface area contributed by atoms with E-state index in [1.54, 1.807) is 16.5 Å². The van der Waals surface area contributed by atoms with Gasteiger partial charge < -0.3 is 0 Å². The molecule has 0 spiro atoms. The highest BCUT2D eigenvalue weighted by molar-refractivity contribution is 8.11. The van der Waals surface area contributed by atoms with Crippen LogP contribution in [0.3, 0.4) is 0 Å². The van der Waals surface area contributed by atoms with Crippen molar-refractivity contribution in [3.8, 4) is 0 Å². The molecule has 0 rings (SSSR count). The fraction of sp³-hybridized carbons (Fsp3) is 1.00. The average molecular weight is 485 g/mol. The van der Waals surface area contributed by atoms with Crippen LogP contribution in [0.15, 0.2) is 0 Å². The first-order valence-electron chi connectivity index (χ1n) is 15.2. The Kier molecular flexibility index (Phi) is 32.7. The van der Waals surface area contributed by atoms with Gasteiger partial charge in [0.2, 0.25) is 0 Å². The van der Waals surface area contributed by atoms with Gasteiger partial charge >= 0.3 is 0 Å². The molecular weight excluding hydrogens is 422 g/mol. The summed E-state index contributed by atoms with van der Waals surface area (Å²) >= 11 is 0. The van der Waals surface area contributed by atoms with Gasteiger partial charge in [-0.1, -0.05) is 168 Å². The lowest BCUT2D eigenvalue weighted by Crippen LogP contribution is -1.84. The van der Waals surface area contributed by atoms with E-state index in [-0.39, 0.29) is 0 Å². The first-order valence-corrected chi connectivity index (χ1v) is 18.1. The second-order valence-corrected chi connectivity index (χ2v) is 13.4. The van der Waals surface area contributed by atoms with Crippen molar-refractivity contribution in [1.29, 1.82) is 0 Å². The lowest BCUT2D eigenvalue weighted by atomic mass is 10.1. The molecule has 0 aliphatic carbocycles. The molecule has 0 fully saturated rings. The topological polar surface area (TPSA) is 0 Å². The van der Waals surface area contributed by atoms with Gasteiger partial charge in [0, 0.05) is 0 Å². The van der Waals surface area contributed by atoms with Crippen LogP contribution in [-0.2, 0) is 0 Å². The fourth-order valence-electron chi connectivity index (χ4n) is 4.54. The van der Waals surface area contributed by atoms with Crippen LogP contribution in [0.4, 0.5) is 0 Å². The Bertz CT molecular complexity index is 275. The summed E-state index contributed by atoms with van der Waals surface area (Å²) in [6, 6.07) is 0. The highest BCUT2D eigenvalue weighted by Gasteiger charge is 1.97. The van der Waals surface area contributed by atoms with Crippen molar-refractivity contribution in [2.75, 3.05) is 12.3 Å². The van der Waals surface area contributed by atoms with E-state index >= 15 is 0 Å². The third kappa shape index (κ3) is 30.9. The van der Waals surface area contributed by atoms with Gasteiger partial charge in [-0.3, -0.25) is 0 Å². The van der Waals surface area contributed by atoms with Crippen molar-refractivity contribution in [3.05, 3.63) is 0 Å². The normalized spacial score (nSPS) is 12.2. The summed E-state index contributed by atoms with van der Waals surface area (Å²) in [5.74, 6) is 0. The maximum absolute atomic E-state index is 2.31. The van der Waals surface area contributed by atoms with E-state index in [1.807, 2.05) is 0 Å². The van der Waals surface area contributed by atoms with E-state index in [4.69, 9.17) is 0 Å². The number of rotatable bonds is 29. The highest BCUT2D eigenvalue weighted by atomic mass is 32.0. The molecule has 0 nitrogen and oxygen atoms in total. The van der Waals surface area contributed by atoms with Crippen molar-refractivity contribution >= 4 is 16.5 Å². The van der Waals surface area contributed by atoms with E-state index < -0.39 is 0 Å². The minimum Gasteiger partial charge on any atom is -0.0654 e. The third-order valence-corrected chi connectivity index (χ3v) is 9.86. The molecule has 0 heterocycles. The molecule has 0 bridgehead atoms. The first kappa shape index (κ1) is 32.9. The standard InChI is InChI=1S/C30H62P2/c1-3-5-7-9-11-13-15-17-19-21-23-25-27-29-31-32-30-28-26-24-22-20-18-16-14-12-10-8-6-4-2/h3-30H2,1-2H3. The summed E-state index contributed by atoms with van der Waals surface area (Å²) in [7, 11) is 3.42. The molecule has 0 aliphatic heterocycles. The Balaban J connectivity index is 2.98. The second-order valence-electron chi connectivity index (χ2n) is 10.2. The quantitative estimate of drug-likeness (QED) is 0.0731. The molecule has 32 heavy (non-hydrogen) atoms. The van der Waals surface area contributed by atoms with Gasteiger partial charge in [0.05, 0.1) is 0 Å². The van der Waals surface area contributed by atoms with Gasteiger partial charge in [0.1, 0.15) is 0 Å². The molecule has 0 saturated carbocycles. The van der Waals surface area contributed by atoms with Gasteiger partial charge in [0.15, 0.2) is 0 Å². The minimum absolute atomic E-state index is 1.37. The van der Waals surface area contributed by atoms with E-state index in [9.17, 15) is 0 Å². The molecule has 192 valence electrons. The smallest absolute Gasteiger partial charge is 0.0242 e. The zero-order chi connectivity index (χ0) is 23.2. The van der Waals surface area contributed by atoms with Crippen LogP contribution < -0.4 is 0 Å². The van der Waals surface area contributed by atoms with Crippen LogP contribution in [-0.4, -0.2) is 12.3 Å². The van der Waals surface area contributed by atoms with Crippen molar-refractivity contribution in [1.82, 2.24) is 0 Å². The number of unbranched alkanes of at least 4 members (excludes halogenated alkanes) is 24. The van der Waals surface area contributed by atoms with E-state index in [0.29, 0.717) is 0 Å². The van der Waals surface area contributed by atoms with Crippen molar-refractivity contribution in [2.45, 2.75) is 181 Å². The Hall–Kier alpha value is 0.860. The maximum Gasteiger partial charge on any atom is -0.0242 e. The molecule has 2 radical (unpaired) electrons. The van der Waals surface area contributed by atoms with Crippen LogP contribution in [0.25, 0.3) is 0 Å². The Morgan fingerprint density at radius 3 is 0.656 bits per heavy atom. The van der Waals surface area contributed by atoms with Crippen LogP contribution in [0.5, 0.6) is 0 Å². The molecule has 0 saturated heterocycles. The molecule has 0 aliphatic rings. The average Bonchev–Trinajstić information content (AvgIpc) is 2.81. The lowest BCUT2D eigenvalue weighted by molar-refractivity contribution is 0.543. The van der Waals surface area contributed by atoms with Crippen molar-refractivity contribution in [3.63, 3.8) is 0 Å². The molecule has 0 aromatic heterocycles. The monoisotopic (exact) mass is 484 g/mol. The van der Waals surface area contributed by atoms with Crippen molar-refractivity contribution in [2.24, 2.45) is 0 Å². The molecule has 2 heteroatoms. The minimum atomic E-state index is 1.37. The summed E-state index contributed by atoms with van der Waals surface area (Å²) in [5, 5.41) is 0. The van der Waals surface area contributed by atoms with Crippen molar-refractivity contribution < 1.29 is 0 Å². The molecule has 0 unspecified atom stereocenters.